The van der Waals surface area contributed by atoms with Crippen molar-refractivity contribution in [3.05, 3.63) is 0 Å². The van der Waals surface area contributed by atoms with E-state index in [0.29, 0.717) is 12.3 Å². The van der Waals surface area contributed by atoms with Crippen molar-refractivity contribution in [2.45, 2.75) is 58.4 Å². The van der Waals surface area contributed by atoms with Gasteiger partial charge in [0, 0.05) is 19.0 Å². The van der Waals surface area contributed by atoms with Gasteiger partial charge in [-0.2, -0.15) is 0 Å². The monoisotopic (exact) mass is 253 g/mol. The van der Waals surface area contributed by atoms with Gasteiger partial charge in [-0.3, -0.25) is 4.79 Å². The molecule has 2 rings (SSSR count). The largest absolute Gasteiger partial charge is 0.481 e. The predicted molar refractivity (Wildman–Crippen MR) is 72.5 cm³/mol. The first-order valence-corrected chi connectivity index (χ1v) is 7.52. The summed E-state index contributed by atoms with van der Waals surface area (Å²) in [4.78, 5) is 13.2. The second kappa shape index (κ2) is 6.05. The summed E-state index contributed by atoms with van der Waals surface area (Å²) in [6.07, 6.45) is 6.46. The Morgan fingerprint density at radius 2 is 2.00 bits per heavy atom. The number of aliphatic carboxylic acids is 1. The molecule has 3 nitrogen and oxygen atoms in total. The molecule has 2 fully saturated rings. The van der Waals surface area contributed by atoms with Crippen molar-refractivity contribution < 1.29 is 9.90 Å². The summed E-state index contributed by atoms with van der Waals surface area (Å²) in [7, 11) is 0. The molecule has 0 aromatic heterocycles. The van der Waals surface area contributed by atoms with Gasteiger partial charge in [-0.1, -0.05) is 13.8 Å². The molecule has 1 heterocycles. The molecule has 1 saturated heterocycles. The van der Waals surface area contributed by atoms with Gasteiger partial charge in [-0.15, -0.1) is 0 Å². The number of rotatable bonds is 4. The zero-order valence-electron chi connectivity index (χ0n) is 11.8. The third kappa shape index (κ3) is 3.47. The molecule has 0 spiro atoms. The van der Waals surface area contributed by atoms with Gasteiger partial charge in [0.1, 0.15) is 0 Å². The molecular formula is C15H27NO2. The quantitative estimate of drug-likeness (QED) is 0.837. The number of hydrogen-bond donors (Lipinski definition) is 1. The second-order valence-corrected chi connectivity index (χ2v) is 6.50. The number of carboxylic acid groups (broad SMARTS) is 1. The van der Waals surface area contributed by atoms with Gasteiger partial charge in [0.2, 0.25) is 0 Å². The van der Waals surface area contributed by atoms with Crippen LogP contribution in [0.5, 0.6) is 0 Å². The first kappa shape index (κ1) is 13.9. The van der Waals surface area contributed by atoms with Crippen LogP contribution < -0.4 is 0 Å². The number of carboxylic acids is 1. The van der Waals surface area contributed by atoms with Gasteiger partial charge in [-0.05, 0) is 56.4 Å². The van der Waals surface area contributed by atoms with Gasteiger partial charge in [0.15, 0.2) is 0 Å². The van der Waals surface area contributed by atoms with E-state index < -0.39 is 5.97 Å². The zero-order valence-corrected chi connectivity index (χ0v) is 11.8. The summed E-state index contributed by atoms with van der Waals surface area (Å²) in [5.74, 6) is 1.71. The van der Waals surface area contributed by atoms with E-state index in [1.54, 1.807) is 0 Å². The Hall–Kier alpha value is -0.570. The molecular weight excluding hydrogens is 226 g/mol. The Morgan fingerprint density at radius 3 is 2.67 bits per heavy atom. The highest BCUT2D eigenvalue weighted by molar-refractivity contribution is 5.66. The van der Waals surface area contributed by atoms with Crippen LogP contribution in [0.3, 0.4) is 0 Å². The lowest BCUT2D eigenvalue weighted by Gasteiger charge is -2.37. The van der Waals surface area contributed by atoms with Crippen molar-refractivity contribution in [2.75, 3.05) is 13.1 Å². The van der Waals surface area contributed by atoms with Gasteiger partial charge in [0.05, 0.1) is 0 Å². The fourth-order valence-corrected chi connectivity index (χ4v) is 3.61. The third-order valence-corrected chi connectivity index (χ3v) is 5.17. The number of carbonyl (C=O) groups is 1. The Labute approximate surface area is 111 Å². The minimum absolute atomic E-state index is 0.344. The third-order valence-electron chi connectivity index (χ3n) is 5.17. The highest BCUT2D eigenvalue weighted by atomic mass is 16.4. The highest BCUT2D eigenvalue weighted by Crippen LogP contribution is 2.34. The van der Waals surface area contributed by atoms with Crippen molar-refractivity contribution in [1.29, 1.82) is 0 Å². The highest BCUT2D eigenvalue weighted by Gasteiger charge is 2.32. The van der Waals surface area contributed by atoms with Crippen molar-refractivity contribution in [1.82, 2.24) is 4.90 Å². The van der Waals surface area contributed by atoms with Crippen LogP contribution >= 0.6 is 0 Å². The van der Waals surface area contributed by atoms with Crippen LogP contribution in [0.1, 0.15) is 52.4 Å². The van der Waals surface area contributed by atoms with E-state index in [1.165, 1.54) is 32.2 Å². The number of likely N-dealkylation sites (tertiary alicyclic amines) is 1. The molecule has 0 aromatic carbocycles. The van der Waals surface area contributed by atoms with E-state index in [4.69, 9.17) is 5.11 Å². The summed E-state index contributed by atoms with van der Waals surface area (Å²) in [6.45, 7) is 7.09. The molecule has 1 saturated carbocycles. The topological polar surface area (TPSA) is 40.5 Å². The molecule has 3 heteroatoms. The van der Waals surface area contributed by atoms with E-state index >= 15 is 0 Å². The SMILES string of the molecule is CC1CCC(N2CCC(CCC(=O)O)C2)CC1C. The van der Waals surface area contributed by atoms with Crippen LogP contribution in [0, 0.1) is 17.8 Å². The first-order chi connectivity index (χ1) is 8.56. The molecule has 0 radical (unpaired) electrons. The van der Waals surface area contributed by atoms with Crippen molar-refractivity contribution in [3.63, 3.8) is 0 Å². The average molecular weight is 253 g/mol. The van der Waals surface area contributed by atoms with Crippen molar-refractivity contribution in [2.24, 2.45) is 17.8 Å². The second-order valence-electron chi connectivity index (χ2n) is 6.50. The van der Waals surface area contributed by atoms with Crippen LogP contribution in [0.15, 0.2) is 0 Å². The molecule has 4 atom stereocenters. The minimum Gasteiger partial charge on any atom is -0.481 e. The maximum atomic E-state index is 10.6. The van der Waals surface area contributed by atoms with Crippen LogP contribution in [0.2, 0.25) is 0 Å². The van der Waals surface area contributed by atoms with Crippen molar-refractivity contribution in [3.8, 4) is 0 Å². The lowest BCUT2D eigenvalue weighted by Crippen LogP contribution is -2.38. The summed E-state index contributed by atoms with van der Waals surface area (Å²) in [6, 6.07) is 0.769. The van der Waals surface area contributed by atoms with Crippen LogP contribution in [0.4, 0.5) is 0 Å². The summed E-state index contributed by atoms with van der Waals surface area (Å²) in [5, 5.41) is 8.74. The molecule has 0 aromatic rings. The summed E-state index contributed by atoms with van der Waals surface area (Å²) < 4.78 is 0. The minimum atomic E-state index is -0.645. The summed E-state index contributed by atoms with van der Waals surface area (Å²) in [5.41, 5.74) is 0. The Bertz CT molecular complexity index is 292. The van der Waals surface area contributed by atoms with Crippen LogP contribution in [-0.4, -0.2) is 35.1 Å². The van der Waals surface area contributed by atoms with Gasteiger partial charge in [-0.25, -0.2) is 0 Å². The van der Waals surface area contributed by atoms with Gasteiger partial charge >= 0.3 is 5.97 Å². The fourth-order valence-electron chi connectivity index (χ4n) is 3.61. The fraction of sp³-hybridized carbons (Fsp3) is 0.933. The lowest BCUT2D eigenvalue weighted by atomic mass is 9.78. The summed E-state index contributed by atoms with van der Waals surface area (Å²) >= 11 is 0. The molecule has 1 aliphatic heterocycles. The molecule has 18 heavy (non-hydrogen) atoms. The van der Waals surface area contributed by atoms with Crippen LogP contribution in [-0.2, 0) is 4.79 Å². The Balaban J connectivity index is 1.76. The maximum Gasteiger partial charge on any atom is 0.303 e. The molecule has 0 bridgehead atoms. The molecule has 104 valence electrons. The zero-order chi connectivity index (χ0) is 13.1. The number of nitrogens with zero attached hydrogens (tertiary/aromatic N) is 1. The first-order valence-electron chi connectivity index (χ1n) is 7.52. The van der Waals surface area contributed by atoms with E-state index in [2.05, 4.69) is 18.7 Å². The molecule has 2 aliphatic rings. The Kier molecular flexibility index (Phi) is 4.66. The standard InChI is InChI=1S/C15H27NO2/c1-11-3-5-14(9-12(11)2)16-8-7-13(10-16)4-6-15(17)18/h11-14H,3-10H2,1-2H3,(H,17,18). The van der Waals surface area contributed by atoms with E-state index in [1.807, 2.05) is 0 Å². The van der Waals surface area contributed by atoms with E-state index in [-0.39, 0.29) is 0 Å². The van der Waals surface area contributed by atoms with E-state index in [0.717, 1.165) is 30.8 Å². The van der Waals surface area contributed by atoms with Gasteiger partial charge < -0.3 is 10.0 Å². The smallest absolute Gasteiger partial charge is 0.303 e. The normalized spacial score (nSPS) is 37.9. The van der Waals surface area contributed by atoms with E-state index in [9.17, 15) is 4.79 Å². The maximum absolute atomic E-state index is 10.6. The van der Waals surface area contributed by atoms with Gasteiger partial charge in [0.25, 0.3) is 0 Å². The van der Waals surface area contributed by atoms with Crippen molar-refractivity contribution >= 4 is 5.97 Å². The molecule has 0 amide bonds. The average Bonchev–Trinajstić information content (AvgIpc) is 2.79. The molecule has 1 aliphatic carbocycles. The molecule has 4 unspecified atom stereocenters. The lowest BCUT2D eigenvalue weighted by molar-refractivity contribution is -0.137. The number of hydrogen-bond acceptors (Lipinski definition) is 2. The van der Waals surface area contributed by atoms with Crippen LogP contribution in [0.25, 0.3) is 0 Å². The Morgan fingerprint density at radius 1 is 1.22 bits per heavy atom. The molecule has 1 N–H and O–H groups in total. The predicted octanol–water partition coefficient (Wildman–Crippen LogP) is 3.00.